The fraction of sp³-hybridized carbons (Fsp3) is 0.364. The first-order valence-corrected chi connectivity index (χ1v) is 10.0. The lowest BCUT2D eigenvalue weighted by Gasteiger charge is -2.32. The van der Waals surface area contributed by atoms with Crippen LogP contribution >= 0.6 is 11.6 Å². The maximum absolute atomic E-state index is 6.53. The Morgan fingerprint density at radius 1 is 1.22 bits per heavy atom. The van der Waals surface area contributed by atoms with Crippen LogP contribution in [-0.4, -0.2) is 40.5 Å². The number of nitrogens with one attached hydrogen (secondary N) is 1. The quantitative estimate of drug-likeness (QED) is 0.679. The molecule has 1 aliphatic rings. The van der Waals surface area contributed by atoms with Gasteiger partial charge in [-0.05, 0) is 55.6 Å². The summed E-state index contributed by atoms with van der Waals surface area (Å²) in [6.45, 7) is 7.74. The fourth-order valence-corrected chi connectivity index (χ4v) is 4.30. The van der Waals surface area contributed by atoms with Gasteiger partial charge in [0.15, 0.2) is 0 Å². The predicted octanol–water partition coefficient (Wildman–Crippen LogP) is 5.15. The average molecular weight is 381 g/mol. The predicted molar refractivity (Wildman–Crippen MR) is 113 cm³/mol. The number of piperidine rings is 1. The number of rotatable bonds is 4. The van der Waals surface area contributed by atoms with Gasteiger partial charge in [0.25, 0.3) is 0 Å². The molecule has 140 valence electrons. The van der Waals surface area contributed by atoms with Crippen molar-refractivity contribution in [3.05, 3.63) is 53.4 Å². The maximum Gasteiger partial charge on any atom is 0.116 e. The highest BCUT2D eigenvalue weighted by molar-refractivity contribution is 6.33. The molecule has 4 rings (SSSR count). The van der Waals surface area contributed by atoms with Crippen molar-refractivity contribution < 1.29 is 0 Å². The standard InChI is InChI=1S/C22H25ClN4/c1-3-27-9-7-18(8-10-27)26-20-12-16(11-17-13-24-14-25-22(17)20)21-15(2)5-4-6-19(21)23/h4-6,11-14,18,26H,3,7-10H2,1-2H3. The van der Waals surface area contributed by atoms with Gasteiger partial charge < -0.3 is 10.2 Å². The number of halogens is 1. The van der Waals surface area contributed by atoms with E-state index in [1.807, 2.05) is 18.3 Å². The largest absolute Gasteiger partial charge is 0.380 e. The van der Waals surface area contributed by atoms with Crippen molar-refractivity contribution in [3.63, 3.8) is 0 Å². The van der Waals surface area contributed by atoms with E-state index in [1.165, 1.54) is 5.56 Å². The summed E-state index contributed by atoms with van der Waals surface area (Å²) in [7, 11) is 0. The van der Waals surface area contributed by atoms with Crippen LogP contribution in [0, 0.1) is 6.92 Å². The van der Waals surface area contributed by atoms with E-state index in [9.17, 15) is 0 Å². The number of benzene rings is 2. The van der Waals surface area contributed by atoms with Gasteiger partial charge in [-0.3, -0.25) is 0 Å². The summed E-state index contributed by atoms with van der Waals surface area (Å²) in [4.78, 5) is 11.3. The fourth-order valence-electron chi connectivity index (χ4n) is 3.97. The van der Waals surface area contributed by atoms with Crippen LogP contribution in [0.3, 0.4) is 0 Å². The van der Waals surface area contributed by atoms with Gasteiger partial charge in [0.05, 0.1) is 11.2 Å². The molecule has 1 aromatic heterocycles. The van der Waals surface area contributed by atoms with E-state index in [1.54, 1.807) is 6.33 Å². The molecule has 0 aliphatic carbocycles. The number of hydrogen-bond acceptors (Lipinski definition) is 4. The smallest absolute Gasteiger partial charge is 0.116 e. The monoisotopic (exact) mass is 380 g/mol. The Morgan fingerprint density at radius 2 is 2.04 bits per heavy atom. The van der Waals surface area contributed by atoms with Crippen LogP contribution in [0.4, 0.5) is 5.69 Å². The third-order valence-corrected chi connectivity index (χ3v) is 5.83. The summed E-state index contributed by atoms with van der Waals surface area (Å²) in [6, 6.07) is 10.8. The Morgan fingerprint density at radius 3 is 2.78 bits per heavy atom. The molecule has 2 aromatic carbocycles. The molecule has 1 N–H and O–H groups in total. The van der Waals surface area contributed by atoms with Crippen molar-refractivity contribution in [2.75, 3.05) is 25.0 Å². The van der Waals surface area contributed by atoms with Crippen molar-refractivity contribution in [1.29, 1.82) is 0 Å². The number of hydrogen-bond donors (Lipinski definition) is 1. The summed E-state index contributed by atoms with van der Waals surface area (Å²) < 4.78 is 0. The van der Waals surface area contributed by atoms with Crippen molar-refractivity contribution >= 4 is 28.2 Å². The Balaban J connectivity index is 1.73. The van der Waals surface area contributed by atoms with Crippen LogP contribution < -0.4 is 5.32 Å². The molecule has 0 spiro atoms. The van der Waals surface area contributed by atoms with E-state index >= 15 is 0 Å². The minimum Gasteiger partial charge on any atom is -0.380 e. The normalized spacial score (nSPS) is 16.0. The van der Waals surface area contributed by atoms with Gasteiger partial charge in [0.1, 0.15) is 6.33 Å². The number of fused-ring (bicyclic) bond motifs is 1. The van der Waals surface area contributed by atoms with E-state index < -0.39 is 0 Å². The third kappa shape index (κ3) is 3.78. The second kappa shape index (κ2) is 7.83. The number of anilines is 1. The zero-order valence-corrected chi connectivity index (χ0v) is 16.6. The van der Waals surface area contributed by atoms with Crippen LogP contribution in [0.5, 0.6) is 0 Å². The average Bonchev–Trinajstić information content (AvgIpc) is 2.68. The van der Waals surface area contributed by atoms with Crippen LogP contribution in [0.25, 0.3) is 22.0 Å². The number of nitrogens with zero attached hydrogens (tertiary/aromatic N) is 3. The number of aryl methyl sites for hydroxylation is 1. The highest BCUT2D eigenvalue weighted by atomic mass is 35.5. The van der Waals surface area contributed by atoms with Gasteiger partial charge in [0, 0.05) is 41.3 Å². The van der Waals surface area contributed by atoms with Gasteiger partial charge in [-0.25, -0.2) is 9.97 Å². The van der Waals surface area contributed by atoms with Crippen LogP contribution in [0.2, 0.25) is 5.02 Å². The number of likely N-dealkylation sites (tertiary alicyclic amines) is 1. The molecule has 2 heterocycles. The molecule has 1 aliphatic heterocycles. The van der Waals surface area contributed by atoms with Crippen molar-refractivity contribution in [2.45, 2.75) is 32.7 Å². The minimum atomic E-state index is 0.466. The molecule has 27 heavy (non-hydrogen) atoms. The van der Waals surface area contributed by atoms with Crippen LogP contribution in [0.15, 0.2) is 42.9 Å². The van der Waals surface area contributed by atoms with Gasteiger partial charge in [-0.2, -0.15) is 0 Å². The molecule has 0 radical (unpaired) electrons. The molecule has 0 saturated carbocycles. The van der Waals surface area contributed by atoms with Gasteiger partial charge in [0.2, 0.25) is 0 Å². The molecule has 1 fully saturated rings. The second-order valence-corrected chi connectivity index (χ2v) is 7.68. The van der Waals surface area contributed by atoms with Crippen LogP contribution in [-0.2, 0) is 0 Å². The van der Waals surface area contributed by atoms with Gasteiger partial charge >= 0.3 is 0 Å². The van der Waals surface area contributed by atoms with E-state index in [2.05, 4.69) is 52.2 Å². The Bertz CT molecular complexity index is 928. The molecule has 4 nitrogen and oxygen atoms in total. The summed E-state index contributed by atoms with van der Waals surface area (Å²) in [5.74, 6) is 0. The summed E-state index contributed by atoms with van der Waals surface area (Å²) in [5, 5.41) is 5.56. The highest BCUT2D eigenvalue weighted by Crippen LogP contribution is 2.36. The maximum atomic E-state index is 6.53. The number of aromatic nitrogens is 2. The third-order valence-electron chi connectivity index (χ3n) is 5.51. The van der Waals surface area contributed by atoms with Crippen molar-refractivity contribution in [1.82, 2.24) is 14.9 Å². The molecule has 5 heteroatoms. The van der Waals surface area contributed by atoms with Crippen molar-refractivity contribution in [3.8, 4) is 11.1 Å². The second-order valence-electron chi connectivity index (χ2n) is 7.27. The minimum absolute atomic E-state index is 0.466. The Hall–Kier alpha value is -2.17. The lowest BCUT2D eigenvalue weighted by molar-refractivity contribution is 0.229. The van der Waals surface area contributed by atoms with Crippen LogP contribution in [0.1, 0.15) is 25.3 Å². The summed E-state index contributed by atoms with van der Waals surface area (Å²) in [6.07, 6.45) is 5.79. The molecule has 0 atom stereocenters. The molecule has 0 amide bonds. The lowest BCUT2D eigenvalue weighted by atomic mass is 9.97. The lowest BCUT2D eigenvalue weighted by Crippen LogP contribution is -2.38. The topological polar surface area (TPSA) is 41.0 Å². The highest BCUT2D eigenvalue weighted by Gasteiger charge is 2.19. The molecule has 0 bridgehead atoms. The SMILES string of the molecule is CCN1CCC(Nc2cc(-c3c(C)cccc3Cl)cc3cncnc23)CC1. The first-order chi connectivity index (χ1) is 13.2. The molecule has 3 aromatic rings. The molecule has 1 saturated heterocycles. The van der Waals surface area contributed by atoms with E-state index in [0.29, 0.717) is 6.04 Å². The summed E-state index contributed by atoms with van der Waals surface area (Å²) in [5.41, 5.74) is 5.39. The van der Waals surface area contributed by atoms with Crippen molar-refractivity contribution in [2.24, 2.45) is 0 Å². The molecular formula is C22H25ClN4. The van der Waals surface area contributed by atoms with E-state index in [0.717, 1.165) is 65.2 Å². The zero-order valence-electron chi connectivity index (χ0n) is 15.9. The Kier molecular flexibility index (Phi) is 5.28. The van der Waals surface area contributed by atoms with Gasteiger partial charge in [-0.15, -0.1) is 0 Å². The Labute approximate surface area is 165 Å². The first-order valence-electron chi connectivity index (χ1n) is 9.64. The first kappa shape index (κ1) is 18.2. The molecule has 0 unspecified atom stereocenters. The molecular weight excluding hydrogens is 356 g/mol. The summed E-state index contributed by atoms with van der Waals surface area (Å²) >= 11 is 6.53. The zero-order chi connectivity index (χ0) is 18.8. The van der Waals surface area contributed by atoms with E-state index in [-0.39, 0.29) is 0 Å². The van der Waals surface area contributed by atoms with E-state index in [4.69, 9.17) is 11.6 Å². The van der Waals surface area contributed by atoms with Gasteiger partial charge in [-0.1, -0.05) is 30.7 Å².